The summed E-state index contributed by atoms with van der Waals surface area (Å²) in [5.41, 5.74) is -3.70. The van der Waals surface area contributed by atoms with E-state index in [-0.39, 0.29) is 11.3 Å². The average Bonchev–Trinajstić information content (AvgIpc) is 2.45. The number of benzene rings is 1. The predicted molar refractivity (Wildman–Crippen MR) is 66.6 cm³/mol. The van der Waals surface area contributed by atoms with Crippen LogP contribution in [0.4, 0.5) is 26.3 Å². The normalized spacial score (nSPS) is 12.3. The van der Waals surface area contributed by atoms with Crippen LogP contribution < -0.4 is 0 Å². The third kappa shape index (κ3) is 3.61. The molecule has 0 aliphatic carbocycles. The molecule has 2 rings (SSSR count). The molecule has 3 nitrogen and oxygen atoms in total. The SMILES string of the molecule is O=C(O)c1cnc(-c2ccc(C(F)(F)F)cc2)cc1C(F)(F)F. The van der Waals surface area contributed by atoms with Gasteiger partial charge in [0, 0.05) is 11.8 Å². The Hall–Kier alpha value is -2.58. The van der Waals surface area contributed by atoms with Crippen LogP contribution in [0.5, 0.6) is 0 Å². The number of aromatic carboxylic acids is 1. The van der Waals surface area contributed by atoms with Crippen LogP contribution in [-0.2, 0) is 12.4 Å². The van der Waals surface area contributed by atoms with E-state index in [4.69, 9.17) is 5.11 Å². The van der Waals surface area contributed by atoms with Gasteiger partial charge in [0.1, 0.15) is 0 Å². The van der Waals surface area contributed by atoms with E-state index in [0.717, 1.165) is 12.1 Å². The highest BCUT2D eigenvalue weighted by atomic mass is 19.4. The number of nitrogens with zero attached hydrogens (tertiary/aromatic N) is 1. The molecule has 1 aromatic carbocycles. The van der Waals surface area contributed by atoms with E-state index >= 15 is 0 Å². The van der Waals surface area contributed by atoms with Crippen LogP contribution in [0.2, 0.25) is 0 Å². The van der Waals surface area contributed by atoms with Gasteiger partial charge in [0.15, 0.2) is 0 Å². The monoisotopic (exact) mass is 335 g/mol. The fourth-order valence-corrected chi connectivity index (χ4v) is 1.85. The maximum Gasteiger partial charge on any atom is 0.417 e. The predicted octanol–water partition coefficient (Wildman–Crippen LogP) is 4.48. The maximum absolute atomic E-state index is 12.9. The second kappa shape index (κ2) is 5.56. The van der Waals surface area contributed by atoms with Crippen molar-refractivity contribution >= 4 is 5.97 Å². The van der Waals surface area contributed by atoms with Gasteiger partial charge in [0.2, 0.25) is 0 Å². The Bertz CT molecular complexity index is 734. The molecule has 0 bridgehead atoms. The minimum atomic E-state index is -4.93. The van der Waals surface area contributed by atoms with Gasteiger partial charge in [0.05, 0.1) is 22.4 Å². The molecule has 1 aromatic heterocycles. The number of carboxylic acid groups (broad SMARTS) is 1. The van der Waals surface area contributed by atoms with Crippen molar-refractivity contribution in [1.82, 2.24) is 4.98 Å². The Balaban J connectivity index is 2.51. The molecule has 2 aromatic rings. The summed E-state index contributed by atoms with van der Waals surface area (Å²) >= 11 is 0. The van der Waals surface area contributed by atoms with E-state index < -0.39 is 35.0 Å². The van der Waals surface area contributed by atoms with Crippen LogP contribution in [0.1, 0.15) is 21.5 Å². The molecule has 23 heavy (non-hydrogen) atoms. The third-order valence-corrected chi connectivity index (χ3v) is 2.95. The molecule has 0 spiro atoms. The molecule has 0 atom stereocenters. The molecule has 0 saturated carbocycles. The molecular weight excluding hydrogens is 328 g/mol. The van der Waals surface area contributed by atoms with E-state index in [0.29, 0.717) is 24.4 Å². The van der Waals surface area contributed by atoms with Crippen LogP contribution >= 0.6 is 0 Å². The number of pyridine rings is 1. The number of carbonyl (C=O) groups is 1. The van der Waals surface area contributed by atoms with Crippen molar-refractivity contribution in [2.75, 3.05) is 0 Å². The lowest BCUT2D eigenvalue weighted by atomic mass is 10.0. The van der Waals surface area contributed by atoms with Crippen LogP contribution in [-0.4, -0.2) is 16.1 Å². The summed E-state index contributed by atoms with van der Waals surface area (Å²) in [6.07, 6.45) is -8.98. The number of hydrogen-bond donors (Lipinski definition) is 1. The fraction of sp³-hybridized carbons (Fsp3) is 0.143. The Kier molecular flexibility index (Phi) is 4.06. The van der Waals surface area contributed by atoms with Gasteiger partial charge >= 0.3 is 18.3 Å². The molecule has 1 N–H and O–H groups in total. The van der Waals surface area contributed by atoms with E-state index in [9.17, 15) is 31.1 Å². The topological polar surface area (TPSA) is 50.2 Å². The quantitative estimate of drug-likeness (QED) is 0.823. The van der Waals surface area contributed by atoms with E-state index in [1.807, 2.05) is 0 Å². The first kappa shape index (κ1) is 16.8. The van der Waals surface area contributed by atoms with Gasteiger partial charge in [-0.1, -0.05) is 12.1 Å². The summed E-state index contributed by atoms with van der Waals surface area (Å²) < 4.78 is 76.0. The minimum Gasteiger partial charge on any atom is -0.478 e. The molecule has 122 valence electrons. The standard InChI is InChI=1S/C14H7F6NO2/c15-13(16,17)8-3-1-7(2-4-8)11-5-10(14(18,19)20)9(6-21-11)12(22)23/h1-6H,(H,22,23). The smallest absolute Gasteiger partial charge is 0.417 e. The lowest BCUT2D eigenvalue weighted by molar-refractivity contribution is -0.138. The number of alkyl halides is 6. The van der Waals surface area contributed by atoms with Gasteiger partial charge in [-0.15, -0.1) is 0 Å². The minimum absolute atomic E-state index is 0.000406. The number of halogens is 6. The van der Waals surface area contributed by atoms with Crippen molar-refractivity contribution in [3.63, 3.8) is 0 Å². The first-order valence-corrected chi connectivity index (χ1v) is 5.98. The van der Waals surface area contributed by atoms with Crippen LogP contribution in [0.25, 0.3) is 11.3 Å². The van der Waals surface area contributed by atoms with Gasteiger partial charge in [-0.3, -0.25) is 4.98 Å². The van der Waals surface area contributed by atoms with Crippen molar-refractivity contribution in [2.45, 2.75) is 12.4 Å². The first-order chi connectivity index (χ1) is 10.5. The second-order valence-electron chi connectivity index (χ2n) is 4.49. The zero-order valence-electron chi connectivity index (χ0n) is 11.0. The third-order valence-electron chi connectivity index (χ3n) is 2.95. The molecule has 0 saturated heterocycles. The molecule has 0 aliphatic rings. The zero-order valence-corrected chi connectivity index (χ0v) is 11.0. The number of aromatic nitrogens is 1. The van der Waals surface area contributed by atoms with E-state index in [1.165, 1.54) is 0 Å². The summed E-state index contributed by atoms with van der Waals surface area (Å²) in [7, 11) is 0. The lowest BCUT2D eigenvalue weighted by Crippen LogP contribution is -2.13. The van der Waals surface area contributed by atoms with Crippen molar-refractivity contribution in [3.8, 4) is 11.3 Å². The largest absolute Gasteiger partial charge is 0.478 e. The average molecular weight is 335 g/mol. The van der Waals surface area contributed by atoms with Gasteiger partial charge in [-0.05, 0) is 18.2 Å². The number of hydrogen-bond acceptors (Lipinski definition) is 2. The van der Waals surface area contributed by atoms with Crippen molar-refractivity contribution in [3.05, 3.63) is 53.2 Å². The summed E-state index contributed by atoms with van der Waals surface area (Å²) in [6.45, 7) is 0. The summed E-state index contributed by atoms with van der Waals surface area (Å²) in [4.78, 5) is 14.4. The van der Waals surface area contributed by atoms with Crippen molar-refractivity contribution in [1.29, 1.82) is 0 Å². The molecule has 0 aliphatic heterocycles. The molecule has 0 unspecified atom stereocenters. The Morgan fingerprint density at radius 1 is 0.957 bits per heavy atom. The highest BCUT2D eigenvalue weighted by Gasteiger charge is 2.36. The van der Waals surface area contributed by atoms with Crippen LogP contribution in [0.3, 0.4) is 0 Å². The molecule has 0 amide bonds. The molecule has 9 heteroatoms. The number of carboxylic acids is 1. The van der Waals surface area contributed by atoms with E-state index in [2.05, 4.69) is 4.98 Å². The second-order valence-corrected chi connectivity index (χ2v) is 4.49. The molecule has 0 radical (unpaired) electrons. The van der Waals surface area contributed by atoms with Crippen LogP contribution in [0, 0.1) is 0 Å². The summed E-state index contributed by atoms with van der Waals surface area (Å²) in [6, 6.07) is 3.83. The van der Waals surface area contributed by atoms with Gasteiger partial charge in [-0.25, -0.2) is 4.79 Å². The Morgan fingerprint density at radius 2 is 1.52 bits per heavy atom. The summed E-state index contributed by atoms with van der Waals surface area (Å²) in [5.74, 6) is -1.80. The summed E-state index contributed by atoms with van der Waals surface area (Å²) in [5, 5.41) is 8.75. The first-order valence-electron chi connectivity index (χ1n) is 5.98. The highest BCUT2D eigenvalue weighted by molar-refractivity contribution is 5.89. The van der Waals surface area contributed by atoms with Gasteiger partial charge in [-0.2, -0.15) is 26.3 Å². The highest BCUT2D eigenvalue weighted by Crippen LogP contribution is 2.35. The zero-order chi connectivity index (χ0) is 17.4. The van der Waals surface area contributed by atoms with Gasteiger partial charge in [0.25, 0.3) is 0 Å². The lowest BCUT2D eigenvalue weighted by Gasteiger charge is -2.12. The molecular formula is C14H7F6NO2. The molecule has 1 heterocycles. The maximum atomic E-state index is 12.9. The Labute approximate surface area is 125 Å². The van der Waals surface area contributed by atoms with Gasteiger partial charge < -0.3 is 5.11 Å². The van der Waals surface area contributed by atoms with Crippen molar-refractivity contribution in [2.24, 2.45) is 0 Å². The number of rotatable bonds is 2. The molecule has 0 fully saturated rings. The fourth-order valence-electron chi connectivity index (χ4n) is 1.85. The van der Waals surface area contributed by atoms with E-state index in [1.54, 1.807) is 0 Å². The van der Waals surface area contributed by atoms with Crippen molar-refractivity contribution < 1.29 is 36.2 Å². The van der Waals surface area contributed by atoms with Crippen LogP contribution in [0.15, 0.2) is 36.5 Å². The Morgan fingerprint density at radius 3 is 1.96 bits per heavy atom.